The third-order valence-electron chi connectivity index (χ3n) is 5.26. The van der Waals surface area contributed by atoms with Crippen LogP contribution < -0.4 is 4.90 Å². The first-order valence-corrected chi connectivity index (χ1v) is 10.1. The Kier molecular flexibility index (Phi) is 4.12. The zero-order chi connectivity index (χ0) is 18.2. The first-order valence-electron chi connectivity index (χ1n) is 9.26. The van der Waals surface area contributed by atoms with Crippen LogP contribution >= 0.6 is 11.3 Å². The van der Waals surface area contributed by atoms with E-state index in [1.807, 2.05) is 40.5 Å². The maximum Gasteiger partial charge on any atom is 0.214 e. The minimum Gasteiger partial charge on any atom is -0.347 e. The van der Waals surface area contributed by atoms with E-state index in [1.165, 1.54) is 0 Å². The van der Waals surface area contributed by atoms with Gasteiger partial charge in [0.1, 0.15) is 12.2 Å². The van der Waals surface area contributed by atoms with E-state index in [9.17, 15) is 0 Å². The molecule has 1 saturated heterocycles. The van der Waals surface area contributed by atoms with E-state index < -0.39 is 0 Å². The van der Waals surface area contributed by atoms with Crippen molar-refractivity contribution in [2.24, 2.45) is 13.0 Å². The fraction of sp³-hybridized carbons (Fsp3) is 0.368. The maximum absolute atomic E-state index is 4.77. The Morgan fingerprint density at radius 3 is 2.67 bits per heavy atom. The van der Waals surface area contributed by atoms with Gasteiger partial charge in [-0.05, 0) is 18.8 Å². The van der Waals surface area contributed by atoms with Crippen LogP contribution in [-0.4, -0.2) is 42.5 Å². The smallest absolute Gasteiger partial charge is 0.214 e. The quantitative estimate of drug-likeness (QED) is 0.545. The van der Waals surface area contributed by atoms with Crippen molar-refractivity contribution in [2.75, 3.05) is 18.0 Å². The predicted octanol–water partition coefficient (Wildman–Crippen LogP) is 3.05. The molecule has 0 N–H and O–H groups in total. The van der Waals surface area contributed by atoms with Crippen molar-refractivity contribution in [3.05, 3.63) is 48.7 Å². The molecule has 1 aromatic carbocycles. The standard InChI is InChI=1S/C19H21N7S/c1-24-13-20-22-17(24)11-14-7-9-25(10-8-14)19-23-26-12-16(21-18(26)27-19)15-5-3-2-4-6-15/h2-6,12-14H,7-11H2,1H3. The van der Waals surface area contributed by atoms with Crippen molar-refractivity contribution in [2.45, 2.75) is 19.3 Å². The normalized spacial score (nSPS) is 15.7. The van der Waals surface area contributed by atoms with Gasteiger partial charge in [0, 0.05) is 32.1 Å². The van der Waals surface area contributed by atoms with E-state index in [0.29, 0.717) is 5.92 Å². The molecule has 7 nitrogen and oxygen atoms in total. The van der Waals surface area contributed by atoms with Crippen molar-refractivity contribution >= 4 is 21.4 Å². The van der Waals surface area contributed by atoms with Crippen molar-refractivity contribution in [3.63, 3.8) is 0 Å². The van der Waals surface area contributed by atoms with Crippen LogP contribution in [0.25, 0.3) is 16.2 Å². The molecule has 1 aliphatic rings. The SMILES string of the molecule is Cn1cnnc1CC1CCN(c2nn3cc(-c4ccccc4)nc3s2)CC1. The first-order chi connectivity index (χ1) is 13.3. The van der Waals surface area contributed by atoms with Gasteiger partial charge in [0.15, 0.2) is 0 Å². The molecular weight excluding hydrogens is 358 g/mol. The van der Waals surface area contributed by atoms with E-state index in [0.717, 1.165) is 59.5 Å². The molecule has 0 atom stereocenters. The molecule has 1 fully saturated rings. The highest BCUT2D eigenvalue weighted by molar-refractivity contribution is 7.20. The van der Waals surface area contributed by atoms with Gasteiger partial charge in [0.2, 0.25) is 10.1 Å². The summed E-state index contributed by atoms with van der Waals surface area (Å²) in [6.45, 7) is 2.06. The van der Waals surface area contributed by atoms with Gasteiger partial charge in [0.25, 0.3) is 0 Å². The molecule has 0 saturated carbocycles. The molecule has 0 aliphatic carbocycles. The number of piperidine rings is 1. The number of benzene rings is 1. The minimum absolute atomic E-state index is 0.665. The monoisotopic (exact) mass is 379 g/mol. The number of anilines is 1. The van der Waals surface area contributed by atoms with Gasteiger partial charge in [-0.2, -0.15) is 0 Å². The molecule has 0 bridgehead atoms. The van der Waals surface area contributed by atoms with Gasteiger partial charge in [-0.1, -0.05) is 41.7 Å². The van der Waals surface area contributed by atoms with Crippen LogP contribution in [0.1, 0.15) is 18.7 Å². The molecule has 4 aromatic rings. The number of rotatable bonds is 4. The number of nitrogens with zero attached hydrogens (tertiary/aromatic N) is 7. The van der Waals surface area contributed by atoms with Gasteiger partial charge in [0.05, 0.1) is 11.9 Å². The van der Waals surface area contributed by atoms with E-state index >= 15 is 0 Å². The van der Waals surface area contributed by atoms with Crippen LogP contribution in [-0.2, 0) is 13.5 Å². The van der Waals surface area contributed by atoms with Crippen LogP contribution in [0.3, 0.4) is 0 Å². The average molecular weight is 379 g/mol. The van der Waals surface area contributed by atoms with Gasteiger partial charge >= 0.3 is 0 Å². The number of hydrogen-bond acceptors (Lipinski definition) is 6. The largest absolute Gasteiger partial charge is 0.347 e. The number of fused-ring (bicyclic) bond motifs is 1. The fourth-order valence-electron chi connectivity index (χ4n) is 3.64. The molecule has 27 heavy (non-hydrogen) atoms. The lowest BCUT2D eigenvalue weighted by Crippen LogP contribution is -2.34. The van der Waals surface area contributed by atoms with Crippen LogP contribution in [0.15, 0.2) is 42.9 Å². The third kappa shape index (κ3) is 3.21. The third-order valence-corrected chi connectivity index (χ3v) is 6.25. The molecule has 0 radical (unpaired) electrons. The maximum atomic E-state index is 4.77. The fourth-order valence-corrected chi connectivity index (χ4v) is 4.58. The Hall–Kier alpha value is -2.74. The first kappa shape index (κ1) is 16.4. The predicted molar refractivity (Wildman–Crippen MR) is 106 cm³/mol. The van der Waals surface area contributed by atoms with Crippen LogP contribution in [0.5, 0.6) is 0 Å². The lowest BCUT2D eigenvalue weighted by molar-refractivity contribution is 0.392. The summed E-state index contributed by atoms with van der Waals surface area (Å²) < 4.78 is 3.93. The van der Waals surface area contributed by atoms with Crippen molar-refractivity contribution in [1.82, 2.24) is 29.4 Å². The number of aromatic nitrogens is 6. The average Bonchev–Trinajstić information content (AvgIpc) is 3.38. The highest BCUT2D eigenvalue weighted by Gasteiger charge is 2.23. The summed E-state index contributed by atoms with van der Waals surface area (Å²) in [7, 11) is 2.01. The van der Waals surface area contributed by atoms with Gasteiger partial charge in [-0.15, -0.1) is 15.3 Å². The van der Waals surface area contributed by atoms with Crippen molar-refractivity contribution in [1.29, 1.82) is 0 Å². The number of aryl methyl sites for hydroxylation is 1. The zero-order valence-corrected chi connectivity index (χ0v) is 16.0. The molecule has 4 heterocycles. The molecule has 0 spiro atoms. The summed E-state index contributed by atoms with van der Waals surface area (Å²) in [5.74, 6) is 1.74. The van der Waals surface area contributed by atoms with E-state index in [-0.39, 0.29) is 0 Å². The summed E-state index contributed by atoms with van der Waals surface area (Å²) >= 11 is 1.67. The minimum atomic E-state index is 0.665. The lowest BCUT2D eigenvalue weighted by atomic mass is 9.93. The van der Waals surface area contributed by atoms with E-state index in [1.54, 1.807) is 17.7 Å². The highest BCUT2D eigenvalue weighted by atomic mass is 32.1. The molecule has 8 heteroatoms. The molecule has 138 valence electrons. The Labute approximate surface area is 161 Å². The Morgan fingerprint density at radius 1 is 1.15 bits per heavy atom. The van der Waals surface area contributed by atoms with Gasteiger partial charge in [-0.25, -0.2) is 9.50 Å². The second kappa shape index (κ2) is 6.77. The van der Waals surface area contributed by atoms with Gasteiger partial charge in [-0.3, -0.25) is 0 Å². The Balaban J connectivity index is 1.26. The molecule has 3 aromatic heterocycles. The molecule has 0 unspecified atom stereocenters. The Morgan fingerprint density at radius 2 is 1.96 bits per heavy atom. The van der Waals surface area contributed by atoms with E-state index in [4.69, 9.17) is 10.1 Å². The molecular formula is C19H21N7S. The summed E-state index contributed by atoms with van der Waals surface area (Å²) in [4.78, 5) is 8.08. The number of hydrogen-bond donors (Lipinski definition) is 0. The molecule has 0 amide bonds. The summed E-state index contributed by atoms with van der Waals surface area (Å²) in [6.07, 6.45) is 7.12. The van der Waals surface area contributed by atoms with E-state index in [2.05, 4.69) is 27.2 Å². The Bertz CT molecular complexity index is 1010. The van der Waals surface area contributed by atoms with Gasteiger partial charge < -0.3 is 9.47 Å². The number of imidazole rings is 1. The second-order valence-electron chi connectivity index (χ2n) is 7.10. The van der Waals surface area contributed by atoms with Crippen LogP contribution in [0.2, 0.25) is 0 Å². The second-order valence-corrected chi connectivity index (χ2v) is 8.03. The molecule has 5 rings (SSSR count). The van der Waals surface area contributed by atoms with Crippen molar-refractivity contribution in [3.8, 4) is 11.3 Å². The van der Waals surface area contributed by atoms with Crippen LogP contribution in [0, 0.1) is 5.92 Å². The van der Waals surface area contributed by atoms with Crippen LogP contribution in [0.4, 0.5) is 5.13 Å². The zero-order valence-electron chi connectivity index (χ0n) is 15.2. The highest BCUT2D eigenvalue weighted by Crippen LogP contribution is 2.30. The topological polar surface area (TPSA) is 64.1 Å². The summed E-state index contributed by atoms with van der Waals surface area (Å²) in [6, 6.07) is 10.2. The molecule has 1 aliphatic heterocycles. The lowest BCUT2D eigenvalue weighted by Gasteiger charge is -2.31. The summed E-state index contributed by atoms with van der Waals surface area (Å²) in [5.41, 5.74) is 2.10. The summed E-state index contributed by atoms with van der Waals surface area (Å²) in [5, 5.41) is 14.0. The van der Waals surface area contributed by atoms with Crippen molar-refractivity contribution < 1.29 is 0 Å².